The maximum atomic E-state index is 13.4. The minimum atomic E-state index is -3.74. The molecule has 0 unspecified atom stereocenters. The topological polar surface area (TPSA) is 397 Å². The first-order valence-corrected chi connectivity index (χ1v) is 34.8. The molecule has 0 radical (unpaired) electrons. The molecule has 11 aliphatic rings. The van der Waals surface area contributed by atoms with Gasteiger partial charge in [-0.25, -0.2) is 65.8 Å². The number of urea groups is 2. The van der Waals surface area contributed by atoms with Crippen molar-refractivity contribution in [2.75, 3.05) is 34.4 Å². The highest BCUT2D eigenvalue weighted by atomic mass is 32.2. The molecule has 8 atom stereocenters. The summed E-state index contributed by atoms with van der Waals surface area (Å²) in [5.74, 6) is 2.09. The first-order chi connectivity index (χ1) is 44.4. The van der Waals surface area contributed by atoms with E-state index in [0.29, 0.717) is 71.1 Å². The van der Waals surface area contributed by atoms with Crippen LogP contribution in [0.25, 0.3) is 22.3 Å². The lowest BCUT2D eigenvalue weighted by molar-refractivity contribution is -0.197. The van der Waals surface area contributed by atoms with E-state index in [-0.39, 0.29) is 49.6 Å². The lowest BCUT2D eigenvalue weighted by Crippen LogP contribution is -2.59. The van der Waals surface area contributed by atoms with Crippen molar-refractivity contribution in [1.82, 2.24) is 59.1 Å². The summed E-state index contributed by atoms with van der Waals surface area (Å²) in [5, 5.41) is 37.0. The first-order valence-electron chi connectivity index (χ1n) is 31.8. The van der Waals surface area contributed by atoms with E-state index in [9.17, 15) is 46.2 Å². The van der Waals surface area contributed by atoms with Crippen LogP contribution in [0.2, 0.25) is 0 Å². The van der Waals surface area contributed by atoms with Crippen molar-refractivity contribution in [2.24, 2.45) is 35.5 Å². The Bertz CT molecular complexity index is 4040. The predicted octanol–water partition coefficient (Wildman–Crippen LogP) is 4.74. The molecule has 93 heavy (non-hydrogen) atoms. The number of carbonyl (C=O) groups excluding carboxylic acids is 4. The van der Waals surface area contributed by atoms with Crippen LogP contribution in [0.1, 0.15) is 117 Å². The maximum Gasteiger partial charge on any atom is 0.324 e. The summed E-state index contributed by atoms with van der Waals surface area (Å²) in [7, 11) is -7.46. The fourth-order valence-electron chi connectivity index (χ4n) is 17.1. The highest BCUT2D eigenvalue weighted by Gasteiger charge is 2.59. The van der Waals surface area contributed by atoms with Gasteiger partial charge in [-0.15, -0.1) is 0 Å². The van der Waals surface area contributed by atoms with Crippen LogP contribution in [-0.2, 0) is 48.6 Å². The van der Waals surface area contributed by atoms with Crippen LogP contribution < -0.4 is 41.3 Å². The molecular weight excluding hydrogens is 1240 g/mol. The molecule has 8 aliphatic carbocycles. The number of aliphatic hydroxyl groups excluding tert-OH is 2. The van der Waals surface area contributed by atoms with Crippen molar-refractivity contribution >= 4 is 89.3 Å². The van der Waals surface area contributed by atoms with Gasteiger partial charge in [0.05, 0.1) is 22.4 Å². The Morgan fingerprint density at radius 3 is 1.32 bits per heavy atom. The second kappa shape index (κ2) is 24.1. The maximum absolute atomic E-state index is 13.4. The largest absolute Gasteiger partial charge is 0.387 e. The van der Waals surface area contributed by atoms with Gasteiger partial charge in [-0.3, -0.25) is 29.4 Å². The van der Waals surface area contributed by atoms with E-state index < -0.39 is 92.9 Å². The van der Waals surface area contributed by atoms with E-state index in [1.807, 2.05) is 6.92 Å². The normalized spacial score (nSPS) is 32.6. The van der Waals surface area contributed by atoms with Crippen molar-refractivity contribution in [2.45, 2.75) is 180 Å². The Morgan fingerprint density at radius 1 is 0.516 bits per heavy atom. The summed E-state index contributed by atoms with van der Waals surface area (Å²) in [6.07, 6.45) is 9.73. The molecular formula is C61H76N16O14S2. The Balaban J connectivity index is 0.000000161. The van der Waals surface area contributed by atoms with Crippen molar-refractivity contribution in [3.8, 4) is 0 Å². The van der Waals surface area contributed by atoms with Crippen LogP contribution in [0.15, 0.2) is 83.6 Å². The van der Waals surface area contributed by atoms with Gasteiger partial charge < -0.3 is 50.4 Å². The molecule has 11 fully saturated rings. The van der Waals surface area contributed by atoms with Gasteiger partial charge in [0.25, 0.3) is 11.8 Å². The smallest absolute Gasteiger partial charge is 0.324 e. The molecule has 6 aromatic rings. The first kappa shape index (κ1) is 63.0. The number of carbonyl (C=O) groups is 4. The standard InChI is InChI=1S/C32H40N8O7S.C29H36N8O7S/c1-4-33-28(41)24-23-25(47-31(2,3)46-23)29(45-24)40-16-36-22-26(34-15-35-27(22)40)38-30(42)37-20-5-7-21(8-6-20)48(43,44)39-32-12-17-9-18(13-32)11-19(10-17)14-32;1-2-30-26(40)23-21(38)22(39)27(44-23)37-14-33-20-24(31-13-32-25(20)37)35-28(41)34-18-3-5-19(6-4-18)45(42,43)36-29-10-15-7-16(11-29)9-17(8-15)12-29/h5-8,15-19,23-25,29,39H,4,9-14H2,1-3H3,(H,33,41)(H2,34,35,37,38,42);3-6,13-17,21-23,27,36,38-39H,2,7-12H2,1H3,(H,30,40)(H2,31,32,34,35,41)/t17?,18?,19?,23-,24+,25-,29-,32?;15?,16?,17?,21-,22+,23-,27+,29?/m10/s1. The van der Waals surface area contributed by atoms with Gasteiger partial charge in [0.15, 0.2) is 64.4 Å². The summed E-state index contributed by atoms with van der Waals surface area (Å²) in [6.45, 7) is 7.86. The van der Waals surface area contributed by atoms with Crippen LogP contribution >= 0.6 is 0 Å². The molecule has 496 valence electrons. The summed E-state index contributed by atoms with van der Waals surface area (Å²) in [6, 6.07) is 10.8. The molecule has 3 aliphatic heterocycles. The fourth-order valence-corrected chi connectivity index (χ4v) is 19.9. The van der Waals surface area contributed by atoms with Gasteiger partial charge in [-0.05, 0) is 189 Å². The Hall–Kier alpha value is -7.40. The van der Waals surface area contributed by atoms with Crippen LogP contribution in [0.3, 0.4) is 0 Å². The summed E-state index contributed by atoms with van der Waals surface area (Å²) in [5.41, 5.74) is 1.09. The third kappa shape index (κ3) is 12.3. The van der Waals surface area contributed by atoms with Crippen molar-refractivity contribution in [1.29, 1.82) is 0 Å². The molecule has 4 aromatic heterocycles. The van der Waals surface area contributed by atoms with Crippen molar-refractivity contribution in [3.63, 3.8) is 0 Å². The van der Waals surface area contributed by atoms with E-state index >= 15 is 0 Å². The second-order valence-electron chi connectivity index (χ2n) is 27.1. The molecule has 17 rings (SSSR count). The van der Waals surface area contributed by atoms with Gasteiger partial charge in [0.1, 0.15) is 37.1 Å². The van der Waals surface area contributed by atoms with Crippen molar-refractivity contribution in [3.05, 3.63) is 73.8 Å². The van der Waals surface area contributed by atoms with E-state index in [1.54, 1.807) is 37.5 Å². The molecule has 7 heterocycles. The number of nitrogens with one attached hydrogen (secondary N) is 8. The quantitative estimate of drug-likeness (QED) is 0.0625. The molecule has 8 saturated carbocycles. The number of aromatic nitrogens is 8. The summed E-state index contributed by atoms with van der Waals surface area (Å²) in [4.78, 5) is 76.8. The number of rotatable bonds is 16. The number of nitrogens with zero attached hydrogens (tertiary/aromatic N) is 8. The van der Waals surface area contributed by atoms with Gasteiger partial charge in [-0.2, -0.15) is 0 Å². The summed E-state index contributed by atoms with van der Waals surface area (Å²) < 4.78 is 86.6. The number of amides is 6. The van der Waals surface area contributed by atoms with Crippen molar-refractivity contribution < 1.29 is 65.2 Å². The molecule has 10 N–H and O–H groups in total. The van der Waals surface area contributed by atoms with E-state index in [0.717, 1.165) is 38.5 Å². The third-order valence-electron chi connectivity index (χ3n) is 19.8. The minimum Gasteiger partial charge on any atom is -0.387 e. The van der Waals surface area contributed by atoms with E-state index in [4.69, 9.17) is 18.9 Å². The van der Waals surface area contributed by atoms with Gasteiger partial charge in [0.2, 0.25) is 20.0 Å². The molecule has 2 aromatic carbocycles. The van der Waals surface area contributed by atoms with Gasteiger partial charge >= 0.3 is 12.1 Å². The third-order valence-corrected chi connectivity index (χ3v) is 23.0. The number of anilines is 4. The molecule has 6 amide bonds. The Labute approximate surface area is 535 Å². The number of benzene rings is 2. The molecule has 0 spiro atoms. The van der Waals surface area contributed by atoms with Crippen LogP contribution in [0.5, 0.6) is 0 Å². The lowest BCUT2D eigenvalue weighted by atomic mass is 9.53. The van der Waals surface area contributed by atoms with E-state index in [2.05, 4.69) is 71.2 Å². The molecule has 30 nitrogen and oxygen atoms in total. The number of fused-ring (bicyclic) bond motifs is 3. The monoisotopic (exact) mass is 1320 g/mol. The number of aliphatic hydroxyl groups is 2. The fraction of sp³-hybridized carbons (Fsp3) is 0.574. The lowest BCUT2D eigenvalue weighted by Gasteiger charge is -2.56. The number of imidazole rings is 2. The zero-order valence-electron chi connectivity index (χ0n) is 51.6. The highest BCUT2D eigenvalue weighted by molar-refractivity contribution is 7.89. The van der Waals surface area contributed by atoms with Crippen LogP contribution in [-0.4, -0.2) is 157 Å². The van der Waals surface area contributed by atoms with E-state index in [1.165, 1.54) is 105 Å². The SMILES string of the molecule is CCNC(=O)[C@H]1O[C@@H](n2cnc3c(NC(=O)Nc4ccc(S(=O)(=O)NC56CC7CC(CC(C7)C5)C6)cc4)ncnc32)[C@@H]2OC(C)(C)O[C@@H]21.CCNC(=O)[C@H]1O[C@@H](n2cnc3c(NC(=O)Nc4ccc(S(=O)(=O)NC56CC7CC(CC(C7)C5)C6)cc4)ncnc32)[C@H](O)[C@@H]1O. The van der Waals surface area contributed by atoms with Crippen LogP contribution in [0.4, 0.5) is 32.6 Å². The summed E-state index contributed by atoms with van der Waals surface area (Å²) >= 11 is 0. The molecule has 32 heteroatoms. The van der Waals surface area contributed by atoms with Gasteiger partial charge in [-0.1, -0.05) is 0 Å². The number of hydrogen-bond acceptors (Lipinski definition) is 20. The average molecular weight is 1320 g/mol. The van der Waals surface area contributed by atoms with Gasteiger partial charge in [0, 0.05) is 35.5 Å². The zero-order valence-corrected chi connectivity index (χ0v) is 53.2. The minimum absolute atomic E-state index is 0.0588. The molecule has 3 saturated heterocycles. The zero-order chi connectivity index (χ0) is 64.9. The Morgan fingerprint density at radius 2 is 0.903 bits per heavy atom. The average Bonchev–Trinajstić information content (AvgIpc) is 1.74. The second-order valence-corrected chi connectivity index (χ2v) is 30.5. The number of ether oxygens (including phenoxy) is 4. The predicted molar refractivity (Wildman–Crippen MR) is 332 cm³/mol. The number of likely N-dealkylation sites (N-methyl/N-ethyl adjacent to an activating group) is 2. The Kier molecular flexibility index (Phi) is 16.3. The molecule has 8 bridgehead atoms. The van der Waals surface area contributed by atoms with Crippen LogP contribution in [0, 0.1) is 35.5 Å². The number of hydrogen-bond donors (Lipinski definition) is 10. The number of sulfonamides is 2. The highest BCUT2D eigenvalue weighted by Crippen LogP contribution is 2.57.